The molecule has 2 unspecified atom stereocenters. The normalized spacial score (nSPS) is 15.3. The Morgan fingerprint density at radius 1 is 1.32 bits per heavy atom. The Balaban J connectivity index is -0.0000000743. The molecule has 0 radical (unpaired) electrons. The van der Waals surface area contributed by atoms with Gasteiger partial charge < -0.3 is 15.5 Å². The molecule has 1 aliphatic heterocycles. The molecule has 22 heavy (non-hydrogen) atoms. The van der Waals surface area contributed by atoms with Gasteiger partial charge in [0, 0.05) is 6.04 Å². The van der Waals surface area contributed by atoms with Gasteiger partial charge in [0.1, 0.15) is 0 Å². The van der Waals surface area contributed by atoms with Crippen LogP contribution >= 0.6 is 0 Å². The average Bonchev–Trinajstić information content (AvgIpc) is 3.04. The van der Waals surface area contributed by atoms with Crippen LogP contribution in [0.3, 0.4) is 0 Å². The molecule has 4 heteroatoms. The van der Waals surface area contributed by atoms with Crippen LogP contribution in [0, 0.1) is 0 Å². The van der Waals surface area contributed by atoms with Crippen LogP contribution in [-0.2, 0) is 4.79 Å². The van der Waals surface area contributed by atoms with E-state index in [4.69, 9.17) is 9.90 Å². The molecular weight excluding hydrogens is 278 g/mol. The van der Waals surface area contributed by atoms with Gasteiger partial charge in [-0.05, 0) is 45.6 Å². The fraction of sp³-hybridized carbons (Fsp3) is 0.833. The maximum absolute atomic E-state index is 9.29. The van der Waals surface area contributed by atoms with Crippen molar-refractivity contribution >= 4 is 6.47 Å². The van der Waals surface area contributed by atoms with Gasteiger partial charge in [-0.1, -0.05) is 48.1 Å². The average molecular weight is 322 g/mol. The Hall–Kier alpha value is -0.870. The summed E-state index contributed by atoms with van der Waals surface area (Å²) in [6.45, 7) is 16.2. The summed E-state index contributed by atoms with van der Waals surface area (Å²) in [4.78, 5) is 8.36. The minimum absolute atomic E-state index is 0. The van der Waals surface area contributed by atoms with Crippen LogP contribution in [-0.4, -0.2) is 35.4 Å². The molecule has 138 valence electrons. The van der Waals surface area contributed by atoms with E-state index in [-0.39, 0.29) is 20.0 Å². The van der Waals surface area contributed by atoms with Gasteiger partial charge in [-0.3, -0.25) is 4.79 Å². The Morgan fingerprint density at radius 2 is 1.73 bits per heavy atom. The van der Waals surface area contributed by atoms with Crippen LogP contribution in [0.1, 0.15) is 81.1 Å². The summed E-state index contributed by atoms with van der Waals surface area (Å²) < 4.78 is 0. The van der Waals surface area contributed by atoms with E-state index in [2.05, 4.69) is 11.9 Å². The zero-order valence-corrected chi connectivity index (χ0v) is 15.1. The van der Waals surface area contributed by atoms with E-state index in [1.54, 1.807) is 6.08 Å². The first-order valence-electron chi connectivity index (χ1n) is 8.22. The molecule has 1 rings (SSSR count). The molecule has 0 saturated carbocycles. The number of allylic oxidation sites excluding steroid dienone is 1. The summed E-state index contributed by atoms with van der Waals surface area (Å²) in [6, 6.07) is 0.691. The first-order valence-corrected chi connectivity index (χ1v) is 8.22. The highest BCUT2D eigenvalue weighted by molar-refractivity contribution is 5.32. The van der Waals surface area contributed by atoms with Crippen LogP contribution in [0.15, 0.2) is 12.7 Å². The highest BCUT2D eigenvalue weighted by Gasteiger charge is 2.14. The molecule has 1 fully saturated rings. The topological polar surface area (TPSA) is 69.6 Å². The number of aliphatic hydroxyl groups excluding tert-OH is 1. The van der Waals surface area contributed by atoms with E-state index in [9.17, 15) is 5.11 Å². The van der Waals surface area contributed by atoms with Gasteiger partial charge in [0.25, 0.3) is 6.47 Å². The highest BCUT2D eigenvalue weighted by atomic mass is 16.3. The van der Waals surface area contributed by atoms with Crippen molar-refractivity contribution in [2.45, 2.75) is 93.2 Å². The van der Waals surface area contributed by atoms with Crippen molar-refractivity contribution in [3.63, 3.8) is 0 Å². The fourth-order valence-electron chi connectivity index (χ4n) is 1.60. The first kappa shape index (κ1) is 32.9. The lowest BCUT2D eigenvalue weighted by Crippen LogP contribution is -2.22. The third-order valence-corrected chi connectivity index (χ3v) is 2.48. The Kier molecular flexibility index (Phi) is 55.2. The second-order valence-corrected chi connectivity index (χ2v) is 3.95. The van der Waals surface area contributed by atoms with Gasteiger partial charge in [0.2, 0.25) is 0 Å². The molecule has 4 nitrogen and oxygen atoms in total. The number of carboxylic acid groups (broad SMARTS) is 1. The lowest BCUT2D eigenvalue weighted by molar-refractivity contribution is -0.122. The van der Waals surface area contributed by atoms with Gasteiger partial charge >= 0.3 is 0 Å². The van der Waals surface area contributed by atoms with Crippen molar-refractivity contribution in [3.8, 4) is 0 Å². The van der Waals surface area contributed by atoms with E-state index >= 15 is 0 Å². The monoisotopic (exact) mass is 321 g/mol. The van der Waals surface area contributed by atoms with Crippen molar-refractivity contribution < 1.29 is 15.0 Å². The van der Waals surface area contributed by atoms with E-state index in [1.165, 1.54) is 19.4 Å². The molecule has 0 aliphatic carbocycles. The lowest BCUT2D eigenvalue weighted by atomic mass is 10.1. The zero-order valence-electron chi connectivity index (χ0n) is 15.1. The summed E-state index contributed by atoms with van der Waals surface area (Å²) in [5.74, 6) is 0. The van der Waals surface area contributed by atoms with Crippen LogP contribution in [0.5, 0.6) is 0 Å². The minimum Gasteiger partial charge on any atom is -0.483 e. The summed E-state index contributed by atoms with van der Waals surface area (Å²) in [7, 11) is 0. The second-order valence-electron chi connectivity index (χ2n) is 3.95. The van der Waals surface area contributed by atoms with E-state index in [1.807, 2.05) is 41.5 Å². The minimum atomic E-state index is -0.250. The summed E-state index contributed by atoms with van der Waals surface area (Å²) in [5, 5.41) is 19.6. The Bertz CT molecular complexity index is 164. The number of nitrogens with one attached hydrogen (secondary N) is 1. The van der Waals surface area contributed by atoms with Gasteiger partial charge in [-0.2, -0.15) is 0 Å². The molecule has 1 saturated heterocycles. The summed E-state index contributed by atoms with van der Waals surface area (Å²) in [6.07, 6.45) is 7.30. The smallest absolute Gasteiger partial charge is 0.290 e. The van der Waals surface area contributed by atoms with Crippen LogP contribution in [0.25, 0.3) is 0 Å². The van der Waals surface area contributed by atoms with Gasteiger partial charge in [-0.15, -0.1) is 6.58 Å². The fourth-order valence-corrected chi connectivity index (χ4v) is 1.60. The third-order valence-electron chi connectivity index (χ3n) is 2.48. The van der Waals surface area contributed by atoms with E-state index in [0.717, 1.165) is 19.3 Å². The van der Waals surface area contributed by atoms with Crippen molar-refractivity contribution in [3.05, 3.63) is 12.7 Å². The van der Waals surface area contributed by atoms with Crippen molar-refractivity contribution in [1.29, 1.82) is 0 Å². The predicted molar refractivity (Wildman–Crippen MR) is 101 cm³/mol. The quantitative estimate of drug-likeness (QED) is 0.510. The zero-order chi connectivity index (χ0) is 17.5. The predicted octanol–water partition coefficient (Wildman–Crippen LogP) is 4.87. The van der Waals surface area contributed by atoms with Gasteiger partial charge in [0.05, 0.1) is 6.10 Å². The number of aliphatic hydroxyl groups is 1. The summed E-state index contributed by atoms with van der Waals surface area (Å²) >= 11 is 0. The van der Waals surface area contributed by atoms with E-state index in [0.29, 0.717) is 6.04 Å². The largest absolute Gasteiger partial charge is 0.483 e. The molecule has 0 aromatic rings. The Labute approximate surface area is 140 Å². The number of hydrogen-bond acceptors (Lipinski definition) is 3. The van der Waals surface area contributed by atoms with Gasteiger partial charge in [-0.25, -0.2) is 0 Å². The molecular formula is C18H43NO3. The SMILES string of the molecule is C.C=CC.CC.CC.CCC(O)CCC1CCCN1.O=CO. The van der Waals surface area contributed by atoms with Crippen LogP contribution in [0.4, 0.5) is 0 Å². The number of hydrogen-bond donors (Lipinski definition) is 3. The molecule has 3 N–H and O–H groups in total. The lowest BCUT2D eigenvalue weighted by Gasteiger charge is -2.12. The molecule has 0 aromatic carbocycles. The maximum atomic E-state index is 9.29. The standard InChI is InChI=1S/C9H19NO.C3H6.2C2H6.CH2O2.CH4/c1-2-9(11)6-5-8-4-3-7-10-8;1-3-2;2*1-2;2-1-3;/h8-11H,2-7H2,1H3;3H,1H2,2H3;2*1-2H3;1H,(H,2,3);1H4. The van der Waals surface area contributed by atoms with Crippen molar-refractivity contribution in [1.82, 2.24) is 5.32 Å². The number of carbonyl (C=O) groups is 1. The molecule has 0 amide bonds. The Morgan fingerprint density at radius 3 is 2.00 bits per heavy atom. The molecule has 1 aliphatic rings. The van der Waals surface area contributed by atoms with Gasteiger partial charge in [0.15, 0.2) is 0 Å². The van der Waals surface area contributed by atoms with E-state index < -0.39 is 0 Å². The van der Waals surface area contributed by atoms with Crippen LogP contribution in [0.2, 0.25) is 0 Å². The number of rotatable bonds is 4. The first-order chi connectivity index (χ1) is 10.2. The molecule has 1 heterocycles. The second kappa shape index (κ2) is 36.9. The van der Waals surface area contributed by atoms with Crippen molar-refractivity contribution in [2.75, 3.05) is 6.54 Å². The van der Waals surface area contributed by atoms with Crippen molar-refractivity contribution in [2.24, 2.45) is 0 Å². The summed E-state index contributed by atoms with van der Waals surface area (Å²) in [5.41, 5.74) is 0. The third kappa shape index (κ3) is 36.5. The highest BCUT2D eigenvalue weighted by Crippen LogP contribution is 2.12. The maximum Gasteiger partial charge on any atom is 0.290 e. The molecule has 0 aromatic heterocycles. The molecule has 2 atom stereocenters. The van der Waals surface area contributed by atoms with Crippen LogP contribution < -0.4 is 5.32 Å². The molecule has 0 bridgehead atoms. The molecule has 0 spiro atoms.